The van der Waals surface area contributed by atoms with E-state index in [1.165, 1.54) is 6.21 Å². The molecule has 0 radical (unpaired) electrons. The average Bonchev–Trinajstić information content (AvgIpc) is 3.03. The van der Waals surface area contributed by atoms with Gasteiger partial charge in [-0.25, -0.2) is 4.79 Å². The maximum atomic E-state index is 12.7. The number of carbonyl (C=O) groups is 2. The fourth-order valence-electron chi connectivity index (χ4n) is 2.61. The van der Waals surface area contributed by atoms with Gasteiger partial charge in [-0.2, -0.15) is 0 Å². The monoisotopic (exact) mass is 470 g/mol. The molecule has 0 amide bonds. The molecule has 0 saturated heterocycles. The molecule has 0 N–H and O–H groups in total. The molecular weight excluding hydrogens is 452 g/mol. The second kappa shape index (κ2) is 9.45. The van der Waals surface area contributed by atoms with E-state index >= 15 is 0 Å². The molecule has 0 aliphatic heterocycles. The molecule has 0 atom stereocenters. The lowest BCUT2D eigenvalue weighted by Gasteiger charge is -2.03. The molecule has 154 valence electrons. The lowest BCUT2D eigenvalue weighted by molar-refractivity contribution is -0.745. The third-order valence-electron chi connectivity index (χ3n) is 4.16. The number of ketones is 1. The van der Waals surface area contributed by atoms with Gasteiger partial charge < -0.3 is 9.84 Å². The summed E-state index contributed by atoms with van der Waals surface area (Å²) in [5.41, 5.74) is 1.91. The van der Waals surface area contributed by atoms with Crippen molar-refractivity contribution < 1.29 is 24.1 Å². The van der Waals surface area contributed by atoms with E-state index in [2.05, 4.69) is 26.2 Å². The number of rotatable bonds is 7. The first-order valence-corrected chi connectivity index (χ1v) is 9.95. The highest BCUT2D eigenvalue weighted by molar-refractivity contribution is 9.10. The largest absolute Gasteiger partial charge is 0.836 e. The van der Waals surface area contributed by atoms with E-state index in [4.69, 9.17) is 4.74 Å². The summed E-state index contributed by atoms with van der Waals surface area (Å²) in [5, 5.41) is 20.8. The van der Waals surface area contributed by atoms with Crippen molar-refractivity contribution in [3.05, 3.63) is 75.4 Å². The van der Waals surface area contributed by atoms with Crippen molar-refractivity contribution >= 4 is 33.9 Å². The Morgan fingerprint density at radius 3 is 2.50 bits per heavy atom. The van der Waals surface area contributed by atoms with Gasteiger partial charge in [-0.15, -0.1) is 4.68 Å². The van der Waals surface area contributed by atoms with E-state index in [0.717, 1.165) is 25.1 Å². The Bertz CT molecular complexity index is 1090. The normalized spacial score (nSPS) is 11.0. The summed E-state index contributed by atoms with van der Waals surface area (Å²) in [6, 6.07) is 14.2. The molecule has 0 saturated carbocycles. The average molecular weight is 471 g/mol. The minimum atomic E-state index is -0.858. The molecular formula is C21H19BrN4O4. The molecule has 2 aromatic carbocycles. The minimum absolute atomic E-state index is 0.0801. The first-order chi connectivity index (χ1) is 14.4. The Morgan fingerprint density at radius 2 is 1.87 bits per heavy atom. The van der Waals surface area contributed by atoms with Gasteiger partial charge in [0.15, 0.2) is 12.4 Å². The maximum Gasteiger partial charge on any atom is 0.383 e. The summed E-state index contributed by atoms with van der Waals surface area (Å²) in [6.07, 6.45) is 1.45. The summed E-state index contributed by atoms with van der Waals surface area (Å²) in [7, 11) is 0. The van der Waals surface area contributed by atoms with E-state index in [1.807, 2.05) is 31.2 Å². The first kappa shape index (κ1) is 21.4. The number of halogens is 1. The van der Waals surface area contributed by atoms with Crippen LogP contribution in [0.5, 0.6) is 5.88 Å². The summed E-state index contributed by atoms with van der Waals surface area (Å²) in [6.45, 7) is 3.36. The molecule has 30 heavy (non-hydrogen) atoms. The zero-order valence-corrected chi connectivity index (χ0v) is 18.0. The van der Waals surface area contributed by atoms with Gasteiger partial charge in [0, 0.05) is 10.0 Å². The topological polar surface area (TPSA) is 100 Å². The number of benzene rings is 2. The van der Waals surface area contributed by atoms with Crippen molar-refractivity contribution in [2.45, 2.75) is 20.4 Å². The maximum absolute atomic E-state index is 12.7. The molecule has 0 spiro atoms. The van der Waals surface area contributed by atoms with Gasteiger partial charge in [0.1, 0.15) is 5.21 Å². The number of nitrogens with zero attached hydrogens (tertiary/aromatic N) is 4. The van der Waals surface area contributed by atoms with Crippen LogP contribution in [0.1, 0.15) is 38.9 Å². The SMILES string of the molecule is CCOC(=O)c1c([O-])n(/N=C/c2ccc(C)cc2)n[n+]1CC(=O)c1ccc(Br)cc1. The third kappa shape index (κ3) is 4.98. The van der Waals surface area contributed by atoms with E-state index in [-0.39, 0.29) is 24.6 Å². The van der Waals surface area contributed by atoms with Gasteiger partial charge in [0.2, 0.25) is 5.78 Å². The Balaban J connectivity index is 1.93. The Labute approximate surface area is 181 Å². The molecule has 0 unspecified atom stereocenters. The fourth-order valence-corrected chi connectivity index (χ4v) is 2.87. The molecule has 1 aromatic heterocycles. The number of aryl methyl sites for hydroxylation is 1. The van der Waals surface area contributed by atoms with E-state index in [9.17, 15) is 14.7 Å². The van der Waals surface area contributed by atoms with Crippen LogP contribution in [0.3, 0.4) is 0 Å². The summed E-state index contributed by atoms with van der Waals surface area (Å²) < 4.78 is 6.81. The highest BCUT2D eigenvalue weighted by Gasteiger charge is 2.29. The zero-order valence-electron chi connectivity index (χ0n) is 16.4. The van der Waals surface area contributed by atoms with Crippen molar-refractivity contribution in [3.8, 4) is 5.88 Å². The van der Waals surface area contributed by atoms with Gasteiger partial charge in [0.25, 0.3) is 5.69 Å². The van der Waals surface area contributed by atoms with Crippen LogP contribution >= 0.6 is 15.9 Å². The number of carbonyl (C=O) groups excluding carboxylic acids is 2. The second-order valence-electron chi connectivity index (χ2n) is 6.40. The van der Waals surface area contributed by atoms with Crippen LogP contribution in [-0.2, 0) is 11.3 Å². The van der Waals surface area contributed by atoms with Crippen molar-refractivity contribution in [1.82, 2.24) is 10.0 Å². The van der Waals surface area contributed by atoms with Crippen LogP contribution < -0.4 is 9.79 Å². The summed E-state index contributed by atoms with van der Waals surface area (Å²) in [5.74, 6) is -1.94. The quantitative estimate of drug-likeness (QED) is 0.228. The standard InChI is InChI=1S/C21H19BrN4O4/c1-3-30-21(29)19-20(28)26(23-12-15-6-4-14(2)5-7-15)24-25(19)13-18(27)16-8-10-17(22)11-9-16/h4-12H,3,13H2,1-2H3/b23-12+. The van der Waals surface area contributed by atoms with Crippen molar-refractivity contribution in [3.63, 3.8) is 0 Å². The van der Waals surface area contributed by atoms with Gasteiger partial charge in [-0.05, 0) is 36.3 Å². The summed E-state index contributed by atoms with van der Waals surface area (Å²) >= 11 is 3.31. The van der Waals surface area contributed by atoms with Crippen LogP contribution in [0.2, 0.25) is 0 Å². The number of ether oxygens (including phenoxy) is 1. The van der Waals surface area contributed by atoms with E-state index < -0.39 is 11.8 Å². The predicted octanol–water partition coefficient (Wildman–Crippen LogP) is 2.26. The zero-order chi connectivity index (χ0) is 21.7. The molecule has 9 heteroatoms. The van der Waals surface area contributed by atoms with Gasteiger partial charge in [-0.3, -0.25) is 4.79 Å². The van der Waals surface area contributed by atoms with Crippen molar-refractivity contribution in [2.75, 3.05) is 6.61 Å². The number of Topliss-reactive ketones (excluding diaryl/α,β-unsaturated/α-hetero) is 1. The number of aromatic nitrogens is 3. The lowest BCUT2D eigenvalue weighted by atomic mass is 10.1. The highest BCUT2D eigenvalue weighted by atomic mass is 79.9. The molecule has 1 heterocycles. The highest BCUT2D eigenvalue weighted by Crippen LogP contribution is 2.13. The molecule has 3 aromatic rings. The third-order valence-corrected chi connectivity index (χ3v) is 4.69. The van der Waals surface area contributed by atoms with Crippen LogP contribution in [-0.4, -0.2) is 34.6 Å². The minimum Gasteiger partial charge on any atom is -0.836 e. The van der Waals surface area contributed by atoms with Crippen LogP contribution in [0.25, 0.3) is 0 Å². The number of hydrogen-bond acceptors (Lipinski definition) is 6. The molecule has 0 fully saturated rings. The van der Waals surface area contributed by atoms with Gasteiger partial charge in [-0.1, -0.05) is 63.0 Å². The van der Waals surface area contributed by atoms with Crippen molar-refractivity contribution in [2.24, 2.45) is 5.10 Å². The van der Waals surface area contributed by atoms with Crippen LogP contribution in [0.15, 0.2) is 58.1 Å². The molecule has 8 nitrogen and oxygen atoms in total. The predicted molar refractivity (Wildman–Crippen MR) is 110 cm³/mol. The van der Waals surface area contributed by atoms with Gasteiger partial charge >= 0.3 is 5.97 Å². The lowest BCUT2D eigenvalue weighted by Crippen LogP contribution is -2.45. The molecule has 3 rings (SSSR count). The Hall–Kier alpha value is -3.33. The van der Waals surface area contributed by atoms with Gasteiger partial charge in [0.05, 0.1) is 12.8 Å². The molecule has 0 aliphatic carbocycles. The van der Waals surface area contributed by atoms with E-state index in [1.54, 1.807) is 31.2 Å². The Morgan fingerprint density at radius 1 is 1.20 bits per heavy atom. The first-order valence-electron chi connectivity index (χ1n) is 9.16. The van der Waals surface area contributed by atoms with Crippen molar-refractivity contribution in [1.29, 1.82) is 0 Å². The summed E-state index contributed by atoms with van der Waals surface area (Å²) in [4.78, 5) is 25.7. The fraction of sp³-hybridized carbons (Fsp3) is 0.190. The van der Waals surface area contributed by atoms with E-state index in [0.29, 0.717) is 5.56 Å². The second-order valence-corrected chi connectivity index (χ2v) is 7.31. The van der Waals surface area contributed by atoms with Crippen LogP contribution in [0.4, 0.5) is 0 Å². The smallest absolute Gasteiger partial charge is 0.383 e. The number of hydrogen-bond donors (Lipinski definition) is 0. The molecule has 0 aliphatic rings. The Kier molecular flexibility index (Phi) is 6.73. The molecule has 0 bridgehead atoms. The number of esters is 1. The van der Waals surface area contributed by atoms with Crippen LogP contribution in [0, 0.1) is 6.92 Å².